The van der Waals surface area contributed by atoms with Crippen LogP contribution in [0.4, 0.5) is 0 Å². The maximum absolute atomic E-state index is 5.52. The third-order valence-electron chi connectivity index (χ3n) is 4.97. The normalized spacial score (nSPS) is 26.6. The van der Waals surface area contributed by atoms with Crippen LogP contribution in [-0.2, 0) is 11.2 Å². The number of benzene rings is 1. The zero-order valence-corrected chi connectivity index (χ0v) is 13.2. The Morgan fingerprint density at radius 2 is 2.00 bits per heavy atom. The Hall–Kier alpha value is -0.900. The summed E-state index contributed by atoms with van der Waals surface area (Å²) in [6.07, 6.45) is 3.55. The Morgan fingerprint density at radius 3 is 2.76 bits per heavy atom. The lowest BCUT2D eigenvalue weighted by atomic mass is 9.81. The van der Waals surface area contributed by atoms with Crippen LogP contribution in [0, 0.1) is 5.41 Å². The van der Waals surface area contributed by atoms with Gasteiger partial charge in [0.25, 0.3) is 0 Å². The number of nitrogens with zero attached hydrogens (tertiary/aromatic N) is 1. The first-order chi connectivity index (χ1) is 10.2. The minimum atomic E-state index is 0.451. The molecule has 3 rings (SSSR count). The van der Waals surface area contributed by atoms with E-state index in [-0.39, 0.29) is 0 Å². The van der Waals surface area contributed by atoms with Gasteiger partial charge in [0.05, 0.1) is 0 Å². The van der Waals surface area contributed by atoms with E-state index in [0.717, 1.165) is 26.2 Å². The summed E-state index contributed by atoms with van der Waals surface area (Å²) in [7, 11) is 0. The summed E-state index contributed by atoms with van der Waals surface area (Å²) in [4.78, 5) is 2.66. The number of hydrogen-bond acceptors (Lipinski definition) is 3. The van der Waals surface area contributed by atoms with Crippen molar-refractivity contribution in [3.63, 3.8) is 0 Å². The summed E-state index contributed by atoms with van der Waals surface area (Å²) in [5.74, 6) is 0. The molecule has 2 heterocycles. The summed E-state index contributed by atoms with van der Waals surface area (Å²) in [6.45, 7) is 9.01. The van der Waals surface area contributed by atoms with Crippen molar-refractivity contribution >= 4 is 0 Å². The molecule has 0 aromatic heterocycles. The van der Waals surface area contributed by atoms with E-state index in [4.69, 9.17) is 4.74 Å². The molecule has 0 saturated carbocycles. The molecule has 2 saturated heterocycles. The third-order valence-corrected chi connectivity index (χ3v) is 4.97. The molecule has 2 fully saturated rings. The molecule has 0 amide bonds. The number of piperazine rings is 1. The molecule has 2 aliphatic rings. The topological polar surface area (TPSA) is 24.5 Å². The number of hydrogen-bond donors (Lipinski definition) is 1. The van der Waals surface area contributed by atoms with E-state index in [9.17, 15) is 0 Å². The summed E-state index contributed by atoms with van der Waals surface area (Å²) >= 11 is 0. The Labute approximate surface area is 128 Å². The van der Waals surface area contributed by atoms with Gasteiger partial charge >= 0.3 is 0 Å². The van der Waals surface area contributed by atoms with E-state index >= 15 is 0 Å². The molecule has 3 heteroatoms. The minimum absolute atomic E-state index is 0.451. The average molecular weight is 288 g/mol. The molecule has 3 nitrogen and oxygen atoms in total. The number of nitrogens with one attached hydrogen (secondary N) is 1. The Kier molecular flexibility index (Phi) is 4.94. The van der Waals surface area contributed by atoms with Crippen LogP contribution in [0.5, 0.6) is 0 Å². The lowest BCUT2D eigenvalue weighted by Gasteiger charge is -2.41. The second-order valence-corrected chi connectivity index (χ2v) is 7.00. The van der Waals surface area contributed by atoms with Gasteiger partial charge < -0.3 is 10.1 Å². The molecular formula is C18H28N2O. The van der Waals surface area contributed by atoms with Gasteiger partial charge in [0.2, 0.25) is 0 Å². The van der Waals surface area contributed by atoms with Crippen LogP contribution >= 0.6 is 0 Å². The molecule has 116 valence electrons. The Morgan fingerprint density at radius 1 is 1.24 bits per heavy atom. The first-order valence-corrected chi connectivity index (χ1v) is 8.31. The van der Waals surface area contributed by atoms with Gasteiger partial charge in [-0.3, -0.25) is 4.90 Å². The lowest BCUT2D eigenvalue weighted by Crippen LogP contribution is -2.54. The first-order valence-electron chi connectivity index (χ1n) is 8.31. The van der Waals surface area contributed by atoms with Crippen LogP contribution in [0.2, 0.25) is 0 Å². The molecule has 1 unspecified atom stereocenters. The highest BCUT2D eigenvalue weighted by atomic mass is 16.5. The van der Waals surface area contributed by atoms with Crippen LogP contribution < -0.4 is 5.32 Å². The van der Waals surface area contributed by atoms with E-state index in [1.807, 2.05) is 0 Å². The standard InChI is InChI=1S/C18H28N2O/c1-18(7-11-21-12-8-18)15-20-10-9-19-17(14-20)13-16-5-3-2-4-6-16/h2-6,17,19H,7-15H2,1H3. The largest absolute Gasteiger partial charge is 0.381 e. The van der Waals surface area contributed by atoms with Crippen LogP contribution in [0.1, 0.15) is 25.3 Å². The highest BCUT2D eigenvalue weighted by Crippen LogP contribution is 2.31. The Balaban J connectivity index is 1.53. The van der Waals surface area contributed by atoms with Crippen LogP contribution in [0.3, 0.4) is 0 Å². The number of rotatable bonds is 4. The second kappa shape index (κ2) is 6.91. The summed E-state index contributed by atoms with van der Waals surface area (Å²) in [5.41, 5.74) is 1.89. The molecular weight excluding hydrogens is 260 g/mol. The van der Waals surface area contributed by atoms with Gasteiger partial charge in [-0.05, 0) is 30.2 Å². The highest BCUT2D eigenvalue weighted by molar-refractivity contribution is 5.16. The van der Waals surface area contributed by atoms with Crippen molar-refractivity contribution in [2.45, 2.75) is 32.2 Å². The molecule has 1 aromatic rings. The van der Waals surface area contributed by atoms with Gasteiger partial charge in [-0.15, -0.1) is 0 Å². The van der Waals surface area contributed by atoms with E-state index in [1.165, 1.54) is 38.0 Å². The van der Waals surface area contributed by atoms with E-state index in [0.29, 0.717) is 11.5 Å². The third kappa shape index (κ3) is 4.29. The summed E-state index contributed by atoms with van der Waals surface area (Å²) in [6, 6.07) is 11.4. The molecule has 1 N–H and O–H groups in total. The smallest absolute Gasteiger partial charge is 0.0471 e. The van der Waals surface area contributed by atoms with Crippen LogP contribution in [0.25, 0.3) is 0 Å². The first kappa shape index (κ1) is 15.0. The SMILES string of the molecule is CC1(CN2CCNC(Cc3ccccc3)C2)CCOCC1. The van der Waals surface area contributed by atoms with Crippen LogP contribution in [-0.4, -0.2) is 50.3 Å². The predicted molar refractivity (Wildman–Crippen MR) is 86.5 cm³/mol. The quantitative estimate of drug-likeness (QED) is 0.920. The molecule has 2 aliphatic heterocycles. The molecule has 0 aliphatic carbocycles. The molecule has 0 spiro atoms. The van der Waals surface area contributed by atoms with Gasteiger partial charge in [0, 0.05) is 45.4 Å². The zero-order valence-electron chi connectivity index (χ0n) is 13.2. The van der Waals surface area contributed by atoms with Crippen molar-refractivity contribution in [1.82, 2.24) is 10.2 Å². The van der Waals surface area contributed by atoms with Gasteiger partial charge in [-0.1, -0.05) is 37.3 Å². The fourth-order valence-corrected chi connectivity index (χ4v) is 3.64. The van der Waals surface area contributed by atoms with Gasteiger partial charge in [-0.2, -0.15) is 0 Å². The fraction of sp³-hybridized carbons (Fsp3) is 0.667. The summed E-state index contributed by atoms with van der Waals surface area (Å²) in [5, 5.41) is 3.68. The van der Waals surface area contributed by atoms with Gasteiger partial charge in [0.15, 0.2) is 0 Å². The minimum Gasteiger partial charge on any atom is -0.381 e. The van der Waals surface area contributed by atoms with E-state index in [2.05, 4.69) is 47.5 Å². The number of ether oxygens (including phenoxy) is 1. The van der Waals surface area contributed by atoms with E-state index < -0.39 is 0 Å². The molecule has 1 aromatic carbocycles. The van der Waals surface area contributed by atoms with E-state index in [1.54, 1.807) is 0 Å². The maximum Gasteiger partial charge on any atom is 0.0471 e. The zero-order chi connectivity index (χ0) is 14.5. The van der Waals surface area contributed by atoms with Crippen molar-refractivity contribution in [3.8, 4) is 0 Å². The van der Waals surface area contributed by atoms with Crippen molar-refractivity contribution in [3.05, 3.63) is 35.9 Å². The molecule has 0 radical (unpaired) electrons. The molecule has 21 heavy (non-hydrogen) atoms. The van der Waals surface area contributed by atoms with Crippen molar-refractivity contribution in [1.29, 1.82) is 0 Å². The fourth-order valence-electron chi connectivity index (χ4n) is 3.64. The van der Waals surface area contributed by atoms with Crippen molar-refractivity contribution in [2.75, 3.05) is 39.4 Å². The van der Waals surface area contributed by atoms with Gasteiger partial charge in [0.1, 0.15) is 0 Å². The van der Waals surface area contributed by atoms with Crippen LogP contribution in [0.15, 0.2) is 30.3 Å². The monoisotopic (exact) mass is 288 g/mol. The summed E-state index contributed by atoms with van der Waals surface area (Å²) < 4.78 is 5.52. The predicted octanol–water partition coefficient (Wildman–Crippen LogP) is 2.32. The molecule has 0 bridgehead atoms. The van der Waals surface area contributed by atoms with Crippen molar-refractivity contribution < 1.29 is 4.74 Å². The second-order valence-electron chi connectivity index (χ2n) is 7.00. The van der Waals surface area contributed by atoms with Crippen molar-refractivity contribution in [2.24, 2.45) is 5.41 Å². The Bertz CT molecular complexity index is 428. The van der Waals surface area contributed by atoms with Gasteiger partial charge in [-0.25, -0.2) is 0 Å². The molecule has 1 atom stereocenters. The average Bonchev–Trinajstić information content (AvgIpc) is 2.49. The maximum atomic E-state index is 5.52. The highest BCUT2D eigenvalue weighted by Gasteiger charge is 2.31. The lowest BCUT2D eigenvalue weighted by molar-refractivity contribution is 0.000697.